The number of carbonyl (C=O) groups excluding carboxylic acids is 1. The molecule has 6 nitrogen and oxygen atoms in total. The van der Waals surface area contributed by atoms with Crippen LogP contribution in [0.4, 0.5) is 0 Å². The lowest BCUT2D eigenvalue weighted by Crippen LogP contribution is -2.31. The lowest BCUT2D eigenvalue weighted by molar-refractivity contribution is 0.0739. The van der Waals surface area contributed by atoms with E-state index < -0.39 is 0 Å². The number of amides is 1. The zero-order valence-electron chi connectivity index (χ0n) is 14.1. The second-order valence-corrected chi connectivity index (χ2v) is 6.28. The van der Waals surface area contributed by atoms with Crippen molar-refractivity contribution in [3.8, 4) is 11.3 Å². The summed E-state index contributed by atoms with van der Waals surface area (Å²) in [5.74, 6) is -0.0837. The first-order valence-electron chi connectivity index (χ1n) is 8.40. The van der Waals surface area contributed by atoms with Gasteiger partial charge in [0.25, 0.3) is 5.91 Å². The highest BCUT2D eigenvalue weighted by molar-refractivity contribution is 5.91. The highest BCUT2D eigenvalue weighted by Crippen LogP contribution is 2.23. The van der Waals surface area contributed by atoms with Crippen LogP contribution >= 0.6 is 0 Å². The Bertz CT molecular complexity index is 886. The van der Waals surface area contributed by atoms with Crippen LogP contribution in [0.15, 0.2) is 48.9 Å². The summed E-state index contributed by atoms with van der Waals surface area (Å²) in [4.78, 5) is 22.6. The summed E-state index contributed by atoms with van der Waals surface area (Å²) in [6.45, 7) is 4.11. The number of aryl methyl sites for hydroxylation is 2. The Balaban J connectivity index is 1.60. The molecule has 126 valence electrons. The molecule has 1 aliphatic heterocycles. The van der Waals surface area contributed by atoms with Gasteiger partial charge in [-0.1, -0.05) is 29.8 Å². The van der Waals surface area contributed by atoms with Crippen LogP contribution in [0.2, 0.25) is 0 Å². The minimum Gasteiger partial charge on any atom is -0.331 e. The van der Waals surface area contributed by atoms with E-state index in [2.05, 4.69) is 47.2 Å². The average Bonchev–Trinajstić information content (AvgIpc) is 2.94. The first-order valence-corrected chi connectivity index (χ1v) is 8.40. The van der Waals surface area contributed by atoms with Gasteiger partial charge in [-0.3, -0.25) is 14.5 Å². The predicted octanol–water partition coefficient (Wildman–Crippen LogP) is 2.69. The number of carbonyl (C=O) groups is 1. The first kappa shape index (κ1) is 15.5. The van der Waals surface area contributed by atoms with E-state index in [-0.39, 0.29) is 5.91 Å². The van der Waals surface area contributed by atoms with Gasteiger partial charge in [-0.25, -0.2) is 4.98 Å². The standard InChI is InChI=1S/C19H19N5O/c1-14-3-5-15(6-4-14)17-11-16-13-23(9-2-10-24(16)22-17)19(25)18-12-20-7-8-21-18/h3-8,11-12H,2,9-10,13H2,1H3. The van der Waals surface area contributed by atoms with Crippen LogP contribution in [0.1, 0.15) is 28.2 Å². The Morgan fingerprint density at radius 2 is 1.96 bits per heavy atom. The van der Waals surface area contributed by atoms with Crippen LogP contribution in [0.25, 0.3) is 11.3 Å². The van der Waals surface area contributed by atoms with Crippen molar-refractivity contribution in [3.05, 3.63) is 65.9 Å². The van der Waals surface area contributed by atoms with Crippen molar-refractivity contribution >= 4 is 5.91 Å². The fourth-order valence-electron chi connectivity index (χ4n) is 3.07. The molecule has 1 amide bonds. The molecular weight excluding hydrogens is 314 g/mol. The van der Waals surface area contributed by atoms with Crippen molar-refractivity contribution < 1.29 is 4.79 Å². The molecule has 0 fully saturated rings. The number of rotatable bonds is 2. The van der Waals surface area contributed by atoms with E-state index in [4.69, 9.17) is 5.10 Å². The van der Waals surface area contributed by atoms with E-state index >= 15 is 0 Å². The molecule has 6 heteroatoms. The van der Waals surface area contributed by atoms with E-state index in [1.54, 1.807) is 12.4 Å². The van der Waals surface area contributed by atoms with Crippen LogP contribution in [-0.4, -0.2) is 37.1 Å². The van der Waals surface area contributed by atoms with E-state index in [0.29, 0.717) is 18.8 Å². The molecule has 0 saturated heterocycles. The third kappa shape index (κ3) is 3.15. The van der Waals surface area contributed by atoms with E-state index in [0.717, 1.165) is 29.9 Å². The van der Waals surface area contributed by atoms with Gasteiger partial charge in [-0.2, -0.15) is 5.10 Å². The van der Waals surface area contributed by atoms with Crippen LogP contribution in [-0.2, 0) is 13.1 Å². The number of hydrogen-bond donors (Lipinski definition) is 0. The molecule has 1 aliphatic rings. The fraction of sp³-hybridized carbons (Fsp3) is 0.263. The van der Waals surface area contributed by atoms with Gasteiger partial charge in [0.2, 0.25) is 0 Å². The topological polar surface area (TPSA) is 63.9 Å². The quantitative estimate of drug-likeness (QED) is 0.723. The number of aromatic nitrogens is 4. The molecule has 0 radical (unpaired) electrons. The monoisotopic (exact) mass is 333 g/mol. The van der Waals surface area contributed by atoms with Crippen LogP contribution in [0.3, 0.4) is 0 Å². The summed E-state index contributed by atoms with van der Waals surface area (Å²) >= 11 is 0. The molecule has 0 atom stereocenters. The molecule has 0 unspecified atom stereocenters. The maximum atomic E-state index is 12.7. The summed E-state index contributed by atoms with van der Waals surface area (Å²) in [6, 6.07) is 10.4. The lowest BCUT2D eigenvalue weighted by Gasteiger charge is -2.19. The summed E-state index contributed by atoms with van der Waals surface area (Å²) in [5.41, 5.74) is 4.70. The lowest BCUT2D eigenvalue weighted by atomic mass is 10.1. The molecule has 4 rings (SSSR count). The van der Waals surface area contributed by atoms with Crippen molar-refractivity contribution in [1.82, 2.24) is 24.6 Å². The highest BCUT2D eigenvalue weighted by Gasteiger charge is 2.22. The van der Waals surface area contributed by atoms with Crippen molar-refractivity contribution in [2.45, 2.75) is 26.4 Å². The smallest absolute Gasteiger partial charge is 0.274 e. The molecule has 0 N–H and O–H groups in total. The van der Waals surface area contributed by atoms with Gasteiger partial charge < -0.3 is 4.90 Å². The highest BCUT2D eigenvalue weighted by atomic mass is 16.2. The van der Waals surface area contributed by atoms with Crippen molar-refractivity contribution in [3.63, 3.8) is 0 Å². The second-order valence-electron chi connectivity index (χ2n) is 6.28. The molecule has 25 heavy (non-hydrogen) atoms. The van der Waals surface area contributed by atoms with Gasteiger partial charge in [0.05, 0.1) is 24.1 Å². The summed E-state index contributed by atoms with van der Waals surface area (Å²) in [5, 5.41) is 4.73. The Kier molecular flexibility index (Phi) is 4.01. The van der Waals surface area contributed by atoms with Crippen LogP contribution in [0, 0.1) is 6.92 Å². The number of fused-ring (bicyclic) bond motifs is 1. The second kappa shape index (κ2) is 6.47. The SMILES string of the molecule is Cc1ccc(-c2cc3n(n2)CCCN(C(=O)c2cnccn2)C3)cc1. The minimum atomic E-state index is -0.0837. The zero-order chi connectivity index (χ0) is 17.2. The maximum absolute atomic E-state index is 12.7. The molecule has 0 aliphatic carbocycles. The molecule has 3 heterocycles. The molecule has 0 saturated carbocycles. The molecule has 0 spiro atoms. The van der Waals surface area contributed by atoms with Crippen molar-refractivity contribution in [1.29, 1.82) is 0 Å². The normalized spacial score (nSPS) is 14.0. The Morgan fingerprint density at radius 1 is 1.12 bits per heavy atom. The molecule has 2 aromatic heterocycles. The summed E-state index contributed by atoms with van der Waals surface area (Å²) in [6.07, 6.45) is 5.50. The van der Waals surface area contributed by atoms with E-state index in [1.807, 2.05) is 9.58 Å². The van der Waals surface area contributed by atoms with Gasteiger partial charge >= 0.3 is 0 Å². The van der Waals surface area contributed by atoms with Gasteiger partial charge in [0.15, 0.2) is 0 Å². The number of hydrogen-bond acceptors (Lipinski definition) is 4. The van der Waals surface area contributed by atoms with E-state index in [9.17, 15) is 4.79 Å². The van der Waals surface area contributed by atoms with Gasteiger partial charge in [0.1, 0.15) is 5.69 Å². The molecule has 0 bridgehead atoms. The fourth-order valence-corrected chi connectivity index (χ4v) is 3.07. The third-order valence-electron chi connectivity index (χ3n) is 4.43. The Labute approximate surface area is 146 Å². The molecule has 1 aromatic carbocycles. The van der Waals surface area contributed by atoms with Crippen LogP contribution < -0.4 is 0 Å². The van der Waals surface area contributed by atoms with Crippen molar-refractivity contribution in [2.75, 3.05) is 6.54 Å². The number of nitrogens with zero attached hydrogens (tertiary/aromatic N) is 5. The predicted molar refractivity (Wildman–Crippen MR) is 93.8 cm³/mol. The largest absolute Gasteiger partial charge is 0.331 e. The minimum absolute atomic E-state index is 0.0837. The molecular formula is C19H19N5O. The van der Waals surface area contributed by atoms with E-state index in [1.165, 1.54) is 11.8 Å². The zero-order valence-corrected chi connectivity index (χ0v) is 14.1. The Hall–Kier alpha value is -3.02. The van der Waals surface area contributed by atoms with Gasteiger partial charge in [-0.05, 0) is 19.4 Å². The van der Waals surface area contributed by atoms with Crippen molar-refractivity contribution in [2.24, 2.45) is 0 Å². The van der Waals surface area contributed by atoms with Gasteiger partial charge in [-0.15, -0.1) is 0 Å². The summed E-state index contributed by atoms with van der Waals surface area (Å²) in [7, 11) is 0. The average molecular weight is 333 g/mol. The summed E-state index contributed by atoms with van der Waals surface area (Å²) < 4.78 is 2.01. The van der Waals surface area contributed by atoms with Gasteiger partial charge in [0, 0.05) is 31.0 Å². The maximum Gasteiger partial charge on any atom is 0.274 e. The Morgan fingerprint density at radius 3 is 2.72 bits per heavy atom. The first-order chi connectivity index (χ1) is 12.2. The van der Waals surface area contributed by atoms with Crippen LogP contribution in [0.5, 0.6) is 0 Å². The number of benzene rings is 1. The third-order valence-corrected chi connectivity index (χ3v) is 4.43. The molecule has 3 aromatic rings.